The van der Waals surface area contributed by atoms with Crippen molar-refractivity contribution >= 4 is 0 Å². The average molecular weight is 196 g/mol. The van der Waals surface area contributed by atoms with E-state index in [1.54, 1.807) is 0 Å². The van der Waals surface area contributed by atoms with E-state index in [-0.39, 0.29) is 5.60 Å². The molecular formula is C12H20O2. The van der Waals surface area contributed by atoms with E-state index in [4.69, 9.17) is 4.74 Å². The number of ether oxygens (including phenoxy) is 1. The van der Waals surface area contributed by atoms with E-state index in [2.05, 4.69) is 0 Å². The Balaban J connectivity index is 1.78. The Kier molecular flexibility index (Phi) is 1.94. The third-order valence-corrected chi connectivity index (χ3v) is 4.88. The first-order valence-electron chi connectivity index (χ1n) is 5.98. The van der Waals surface area contributed by atoms with Crippen LogP contribution in [0.2, 0.25) is 0 Å². The van der Waals surface area contributed by atoms with Gasteiger partial charge in [0.05, 0.1) is 11.7 Å². The van der Waals surface area contributed by atoms with Crippen LogP contribution < -0.4 is 0 Å². The van der Waals surface area contributed by atoms with E-state index in [0.29, 0.717) is 17.9 Å². The van der Waals surface area contributed by atoms with Crippen molar-refractivity contribution < 1.29 is 9.84 Å². The molecule has 0 heterocycles. The van der Waals surface area contributed by atoms with Crippen LogP contribution in [-0.4, -0.2) is 23.9 Å². The zero-order valence-corrected chi connectivity index (χ0v) is 8.91. The van der Waals surface area contributed by atoms with Crippen LogP contribution in [0, 0.1) is 17.8 Å². The van der Waals surface area contributed by atoms with Gasteiger partial charge in [-0.05, 0) is 56.3 Å². The molecule has 2 heteroatoms. The summed E-state index contributed by atoms with van der Waals surface area (Å²) in [6.07, 6.45) is 7.64. The first kappa shape index (κ1) is 9.17. The van der Waals surface area contributed by atoms with Crippen LogP contribution in [0.5, 0.6) is 0 Å². The standard InChI is InChI=1S/C12H20O2/c1-14-11-5-3-8-2-4-9-6-12(9,13)7-10(8)11/h8-11,13H,2-7H2,1H3/t8-,9?,10-,11-,12?/m1/s1. The Morgan fingerprint density at radius 3 is 2.71 bits per heavy atom. The van der Waals surface area contributed by atoms with Crippen molar-refractivity contribution in [1.29, 1.82) is 0 Å². The van der Waals surface area contributed by atoms with Gasteiger partial charge in [-0.2, -0.15) is 0 Å². The third kappa shape index (κ3) is 1.24. The smallest absolute Gasteiger partial charge is 0.0684 e. The highest BCUT2D eigenvalue weighted by atomic mass is 16.5. The lowest BCUT2D eigenvalue weighted by molar-refractivity contribution is 0.0251. The third-order valence-electron chi connectivity index (χ3n) is 4.88. The molecule has 80 valence electrons. The Morgan fingerprint density at radius 2 is 1.93 bits per heavy atom. The highest BCUT2D eigenvalue weighted by molar-refractivity contribution is 5.08. The summed E-state index contributed by atoms with van der Waals surface area (Å²) in [5, 5.41) is 10.2. The highest BCUT2D eigenvalue weighted by Gasteiger charge is 2.57. The second-order valence-electron chi connectivity index (χ2n) is 5.56. The monoisotopic (exact) mass is 196 g/mol. The summed E-state index contributed by atoms with van der Waals surface area (Å²) >= 11 is 0. The van der Waals surface area contributed by atoms with Crippen molar-refractivity contribution in [1.82, 2.24) is 0 Å². The SMILES string of the molecule is CO[C@@H]1CC[C@H]2CCC3CC3(O)C[C@H]21. The van der Waals surface area contributed by atoms with Gasteiger partial charge in [-0.25, -0.2) is 0 Å². The molecule has 0 saturated heterocycles. The first-order valence-corrected chi connectivity index (χ1v) is 5.98. The van der Waals surface area contributed by atoms with Gasteiger partial charge in [0.25, 0.3) is 0 Å². The molecule has 2 unspecified atom stereocenters. The maximum absolute atomic E-state index is 10.2. The fourth-order valence-corrected chi connectivity index (χ4v) is 3.87. The van der Waals surface area contributed by atoms with Crippen LogP contribution in [0.3, 0.4) is 0 Å². The lowest BCUT2D eigenvalue weighted by atomic mass is 9.88. The number of fused-ring (bicyclic) bond motifs is 2. The molecule has 0 spiro atoms. The molecule has 3 saturated carbocycles. The van der Waals surface area contributed by atoms with E-state index in [1.165, 1.54) is 25.7 Å². The van der Waals surface area contributed by atoms with Gasteiger partial charge in [0, 0.05) is 7.11 Å². The van der Waals surface area contributed by atoms with E-state index in [0.717, 1.165) is 18.8 Å². The maximum atomic E-state index is 10.2. The summed E-state index contributed by atoms with van der Waals surface area (Å²) in [5.74, 6) is 2.12. The Morgan fingerprint density at radius 1 is 1.14 bits per heavy atom. The van der Waals surface area contributed by atoms with Crippen LogP contribution in [0.25, 0.3) is 0 Å². The predicted octanol–water partition coefficient (Wildman–Crippen LogP) is 1.96. The van der Waals surface area contributed by atoms with Crippen LogP contribution in [0.1, 0.15) is 38.5 Å². The van der Waals surface area contributed by atoms with E-state index < -0.39 is 0 Å². The van der Waals surface area contributed by atoms with Crippen LogP contribution in [0.4, 0.5) is 0 Å². The van der Waals surface area contributed by atoms with Gasteiger partial charge >= 0.3 is 0 Å². The lowest BCUT2D eigenvalue weighted by Crippen LogP contribution is -2.26. The van der Waals surface area contributed by atoms with Crippen molar-refractivity contribution in [3.63, 3.8) is 0 Å². The largest absolute Gasteiger partial charge is 0.390 e. The molecule has 5 atom stereocenters. The predicted molar refractivity (Wildman–Crippen MR) is 53.9 cm³/mol. The molecule has 0 aromatic rings. The van der Waals surface area contributed by atoms with Gasteiger partial charge in [-0.15, -0.1) is 0 Å². The fraction of sp³-hybridized carbons (Fsp3) is 1.00. The number of hydrogen-bond acceptors (Lipinski definition) is 2. The van der Waals surface area contributed by atoms with E-state index in [1.807, 2.05) is 7.11 Å². The Bertz CT molecular complexity index is 240. The van der Waals surface area contributed by atoms with Gasteiger partial charge in [-0.1, -0.05) is 0 Å². The molecular weight excluding hydrogens is 176 g/mol. The molecule has 3 rings (SSSR count). The Hall–Kier alpha value is -0.0800. The number of aliphatic hydroxyl groups is 1. The van der Waals surface area contributed by atoms with Crippen LogP contribution in [0.15, 0.2) is 0 Å². The molecule has 0 amide bonds. The van der Waals surface area contributed by atoms with Gasteiger partial charge in [-0.3, -0.25) is 0 Å². The molecule has 0 aromatic heterocycles. The average Bonchev–Trinajstić information content (AvgIpc) is 2.67. The van der Waals surface area contributed by atoms with Crippen molar-refractivity contribution in [2.24, 2.45) is 17.8 Å². The molecule has 2 nitrogen and oxygen atoms in total. The molecule has 0 bridgehead atoms. The summed E-state index contributed by atoms with van der Waals surface area (Å²) in [6, 6.07) is 0. The minimum atomic E-state index is -0.277. The molecule has 0 aromatic carbocycles. The van der Waals surface area contributed by atoms with E-state index in [9.17, 15) is 5.11 Å². The molecule has 14 heavy (non-hydrogen) atoms. The summed E-state index contributed by atoms with van der Waals surface area (Å²) in [7, 11) is 1.83. The highest BCUT2D eigenvalue weighted by Crippen LogP contribution is 2.57. The van der Waals surface area contributed by atoms with Crippen LogP contribution in [-0.2, 0) is 4.74 Å². The van der Waals surface area contributed by atoms with Gasteiger partial charge in [0.2, 0.25) is 0 Å². The molecule has 3 aliphatic rings. The van der Waals surface area contributed by atoms with Crippen molar-refractivity contribution in [2.75, 3.05) is 7.11 Å². The maximum Gasteiger partial charge on any atom is 0.0684 e. The first-order chi connectivity index (χ1) is 6.73. The molecule has 3 fully saturated rings. The fourth-order valence-electron chi connectivity index (χ4n) is 3.87. The quantitative estimate of drug-likeness (QED) is 0.694. The summed E-state index contributed by atoms with van der Waals surface area (Å²) in [4.78, 5) is 0. The van der Waals surface area contributed by atoms with Gasteiger partial charge in [0.1, 0.15) is 0 Å². The molecule has 0 radical (unpaired) electrons. The topological polar surface area (TPSA) is 29.5 Å². The number of hydrogen-bond donors (Lipinski definition) is 1. The molecule has 0 aliphatic heterocycles. The minimum Gasteiger partial charge on any atom is -0.390 e. The molecule has 1 N–H and O–H groups in total. The van der Waals surface area contributed by atoms with Crippen molar-refractivity contribution in [3.8, 4) is 0 Å². The second kappa shape index (κ2) is 2.96. The second-order valence-corrected chi connectivity index (χ2v) is 5.56. The Labute approximate surface area is 85.6 Å². The summed E-state index contributed by atoms with van der Waals surface area (Å²) < 4.78 is 5.54. The molecule has 3 aliphatic carbocycles. The zero-order chi connectivity index (χ0) is 9.76. The zero-order valence-electron chi connectivity index (χ0n) is 8.91. The van der Waals surface area contributed by atoms with Crippen LogP contribution >= 0.6 is 0 Å². The number of rotatable bonds is 1. The lowest BCUT2D eigenvalue weighted by Gasteiger charge is -2.24. The van der Waals surface area contributed by atoms with E-state index >= 15 is 0 Å². The van der Waals surface area contributed by atoms with Crippen molar-refractivity contribution in [2.45, 2.75) is 50.2 Å². The van der Waals surface area contributed by atoms with Gasteiger partial charge < -0.3 is 9.84 Å². The summed E-state index contributed by atoms with van der Waals surface area (Å²) in [5.41, 5.74) is -0.277. The summed E-state index contributed by atoms with van der Waals surface area (Å²) in [6.45, 7) is 0. The number of methoxy groups -OCH3 is 1. The normalized spacial score (nSPS) is 56.1. The van der Waals surface area contributed by atoms with Crippen molar-refractivity contribution in [3.05, 3.63) is 0 Å². The van der Waals surface area contributed by atoms with Gasteiger partial charge in [0.15, 0.2) is 0 Å². The minimum absolute atomic E-state index is 0.277.